The van der Waals surface area contributed by atoms with Gasteiger partial charge in [-0.05, 0) is 19.9 Å². The third-order valence-electron chi connectivity index (χ3n) is 2.79. The Labute approximate surface area is 125 Å². The number of rotatable bonds is 8. The molecule has 0 amide bonds. The highest BCUT2D eigenvalue weighted by atomic mass is 16.5. The minimum absolute atomic E-state index is 0.174. The predicted molar refractivity (Wildman–Crippen MR) is 78.9 cm³/mol. The van der Waals surface area contributed by atoms with Crippen LogP contribution in [0.2, 0.25) is 0 Å². The molecule has 0 bridgehead atoms. The summed E-state index contributed by atoms with van der Waals surface area (Å²) in [5.74, 6) is 0.500. The number of hydrogen-bond acceptors (Lipinski definition) is 5. The first-order valence-electron chi connectivity index (χ1n) is 6.93. The molecule has 0 aliphatic rings. The summed E-state index contributed by atoms with van der Waals surface area (Å²) in [6, 6.07) is 7.19. The van der Waals surface area contributed by atoms with Gasteiger partial charge in [0.15, 0.2) is 0 Å². The summed E-state index contributed by atoms with van der Waals surface area (Å²) in [5.41, 5.74) is 0.648. The van der Waals surface area contributed by atoms with Crippen molar-refractivity contribution in [2.24, 2.45) is 0 Å². The highest BCUT2D eigenvalue weighted by Crippen LogP contribution is 2.29. The van der Waals surface area contributed by atoms with E-state index in [4.69, 9.17) is 14.2 Å². The van der Waals surface area contributed by atoms with Crippen LogP contribution in [0.3, 0.4) is 0 Å². The van der Waals surface area contributed by atoms with Gasteiger partial charge in [0.2, 0.25) is 0 Å². The Bertz CT molecular complexity index is 481. The van der Waals surface area contributed by atoms with Crippen LogP contribution in [0.5, 0.6) is 5.75 Å². The molecule has 0 saturated carbocycles. The van der Waals surface area contributed by atoms with Gasteiger partial charge >= 0.3 is 5.97 Å². The Kier molecular flexibility index (Phi) is 7.32. The number of carbonyl (C=O) groups is 1. The molecule has 1 aromatic carbocycles. The lowest BCUT2D eigenvalue weighted by Crippen LogP contribution is -2.07. The van der Waals surface area contributed by atoms with Gasteiger partial charge in [-0.3, -0.25) is 0 Å². The molecule has 0 fully saturated rings. The summed E-state index contributed by atoms with van der Waals surface area (Å²) in [7, 11) is 1.55. The fraction of sp³-hybridized carbons (Fsp3) is 0.438. The first-order valence-corrected chi connectivity index (χ1v) is 6.93. The topological polar surface area (TPSA) is 65.0 Å². The van der Waals surface area contributed by atoms with Crippen molar-refractivity contribution in [1.82, 2.24) is 0 Å². The molecule has 116 valence electrons. The average molecular weight is 294 g/mol. The van der Waals surface area contributed by atoms with Crippen LogP contribution < -0.4 is 4.74 Å². The molecule has 1 aromatic rings. The van der Waals surface area contributed by atoms with Crippen LogP contribution in [-0.2, 0) is 14.3 Å². The van der Waals surface area contributed by atoms with E-state index in [1.807, 2.05) is 19.1 Å². The van der Waals surface area contributed by atoms with Gasteiger partial charge in [0, 0.05) is 12.0 Å². The standard InChI is InChI=1S/C16H22O5/c1-4-20-12(11-16(18)21-5-2)10-14(17)13-8-6-7-9-15(13)19-3/h6-9,11,14,17H,4-5,10H2,1-3H3/b12-11-/t14-/m1/s1. The molecule has 0 unspecified atom stereocenters. The second-order valence-electron chi connectivity index (χ2n) is 4.26. The summed E-state index contributed by atoms with van der Waals surface area (Å²) in [6.07, 6.45) is 0.618. The number of aliphatic hydroxyl groups is 1. The summed E-state index contributed by atoms with van der Waals surface area (Å²) in [6.45, 7) is 4.25. The molecule has 5 heteroatoms. The van der Waals surface area contributed by atoms with Crippen LogP contribution in [0.15, 0.2) is 36.1 Å². The van der Waals surface area contributed by atoms with E-state index < -0.39 is 12.1 Å². The number of aliphatic hydroxyl groups excluding tert-OH is 1. The quantitative estimate of drug-likeness (QED) is 0.453. The molecule has 0 saturated heterocycles. The normalized spacial score (nSPS) is 12.7. The largest absolute Gasteiger partial charge is 0.498 e. The molecular formula is C16H22O5. The molecular weight excluding hydrogens is 272 g/mol. The van der Waals surface area contributed by atoms with Crippen LogP contribution in [-0.4, -0.2) is 31.4 Å². The maximum atomic E-state index is 11.5. The fourth-order valence-corrected chi connectivity index (χ4v) is 1.90. The Balaban J connectivity index is 2.85. The summed E-state index contributed by atoms with van der Waals surface area (Å²) < 4.78 is 15.4. The van der Waals surface area contributed by atoms with E-state index in [9.17, 15) is 9.90 Å². The number of para-hydroxylation sites is 1. The Hall–Kier alpha value is -2.01. The highest BCUT2D eigenvalue weighted by Gasteiger charge is 2.16. The van der Waals surface area contributed by atoms with E-state index in [2.05, 4.69) is 0 Å². The molecule has 1 rings (SSSR count). The van der Waals surface area contributed by atoms with Gasteiger partial charge in [0.25, 0.3) is 0 Å². The van der Waals surface area contributed by atoms with E-state index in [-0.39, 0.29) is 6.42 Å². The van der Waals surface area contributed by atoms with Crippen molar-refractivity contribution in [1.29, 1.82) is 0 Å². The van der Waals surface area contributed by atoms with Crippen LogP contribution >= 0.6 is 0 Å². The Morgan fingerprint density at radius 1 is 1.24 bits per heavy atom. The maximum absolute atomic E-state index is 11.5. The summed E-state index contributed by atoms with van der Waals surface area (Å²) >= 11 is 0. The second kappa shape index (κ2) is 9.02. The van der Waals surface area contributed by atoms with E-state index in [0.29, 0.717) is 30.3 Å². The minimum Gasteiger partial charge on any atom is -0.498 e. The molecule has 5 nitrogen and oxygen atoms in total. The number of methoxy groups -OCH3 is 1. The molecule has 1 atom stereocenters. The zero-order valence-corrected chi connectivity index (χ0v) is 12.7. The third kappa shape index (κ3) is 5.47. The number of ether oxygens (including phenoxy) is 3. The third-order valence-corrected chi connectivity index (χ3v) is 2.79. The number of hydrogen-bond donors (Lipinski definition) is 1. The monoisotopic (exact) mass is 294 g/mol. The predicted octanol–water partition coefficient (Wildman–Crippen LogP) is 2.60. The van der Waals surface area contributed by atoms with Gasteiger partial charge in [-0.1, -0.05) is 18.2 Å². The minimum atomic E-state index is -0.826. The average Bonchev–Trinajstić information content (AvgIpc) is 2.47. The Morgan fingerprint density at radius 2 is 1.90 bits per heavy atom. The van der Waals surface area contributed by atoms with Crippen molar-refractivity contribution in [3.63, 3.8) is 0 Å². The van der Waals surface area contributed by atoms with Crippen molar-refractivity contribution in [3.05, 3.63) is 41.7 Å². The van der Waals surface area contributed by atoms with Crippen LogP contribution in [0.4, 0.5) is 0 Å². The van der Waals surface area contributed by atoms with E-state index in [1.54, 1.807) is 26.2 Å². The van der Waals surface area contributed by atoms with E-state index in [0.717, 1.165) is 0 Å². The lowest BCUT2D eigenvalue weighted by Gasteiger charge is -2.16. The Morgan fingerprint density at radius 3 is 2.52 bits per heavy atom. The van der Waals surface area contributed by atoms with E-state index in [1.165, 1.54) is 6.08 Å². The van der Waals surface area contributed by atoms with Crippen molar-refractivity contribution in [2.75, 3.05) is 20.3 Å². The van der Waals surface area contributed by atoms with Crippen LogP contribution in [0.25, 0.3) is 0 Å². The number of esters is 1. The van der Waals surface area contributed by atoms with Gasteiger partial charge in [-0.15, -0.1) is 0 Å². The molecule has 1 N–H and O–H groups in total. The van der Waals surface area contributed by atoms with Crippen LogP contribution in [0, 0.1) is 0 Å². The molecule has 0 aliphatic carbocycles. The molecule has 0 spiro atoms. The molecule has 0 heterocycles. The van der Waals surface area contributed by atoms with Crippen molar-refractivity contribution in [2.45, 2.75) is 26.4 Å². The second-order valence-corrected chi connectivity index (χ2v) is 4.26. The van der Waals surface area contributed by atoms with Gasteiger partial charge in [0.1, 0.15) is 11.5 Å². The van der Waals surface area contributed by atoms with Gasteiger partial charge in [-0.25, -0.2) is 4.79 Å². The zero-order valence-electron chi connectivity index (χ0n) is 12.7. The van der Waals surface area contributed by atoms with Crippen molar-refractivity contribution >= 4 is 5.97 Å². The summed E-state index contributed by atoms with van der Waals surface area (Å²) in [5, 5.41) is 10.3. The van der Waals surface area contributed by atoms with Gasteiger partial charge in [-0.2, -0.15) is 0 Å². The maximum Gasteiger partial charge on any atom is 0.334 e. The van der Waals surface area contributed by atoms with Gasteiger partial charge < -0.3 is 19.3 Å². The number of benzene rings is 1. The molecule has 0 radical (unpaired) electrons. The van der Waals surface area contributed by atoms with Crippen molar-refractivity contribution < 1.29 is 24.1 Å². The fourth-order valence-electron chi connectivity index (χ4n) is 1.90. The van der Waals surface area contributed by atoms with Crippen LogP contribution in [0.1, 0.15) is 31.9 Å². The molecule has 21 heavy (non-hydrogen) atoms. The summed E-state index contributed by atoms with van der Waals surface area (Å²) in [4.78, 5) is 11.5. The zero-order chi connectivity index (χ0) is 15.7. The SMILES string of the molecule is CCOC(=O)/C=C(/C[C@@H](O)c1ccccc1OC)OCC. The van der Waals surface area contributed by atoms with E-state index >= 15 is 0 Å². The highest BCUT2D eigenvalue weighted by molar-refractivity contribution is 5.82. The first-order chi connectivity index (χ1) is 10.1. The van der Waals surface area contributed by atoms with Gasteiger partial charge in [0.05, 0.1) is 32.5 Å². The smallest absolute Gasteiger partial charge is 0.334 e. The molecule has 0 aliphatic heterocycles. The van der Waals surface area contributed by atoms with Crippen molar-refractivity contribution in [3.8, 4) is 5.75 Å². The lowest BCUT2D eigenvalue weighted by molar-refractivity contribution is -0.137. The lowest BCUT2D eigenvalue weighted by atomic mass is 10.0. The number of carbonyl (C=O) groups excluding carboxylic acids is 1. The first kappa shape index (κ1) is 17.0. The molecule has 0 aromatic heterocycles.